The number of unbranched alkanes of at least 4 members (excludes halogenated alkanes) is 5. The van der Waals surface area contributed by atoms with Crippen LogP contribution in [0.2, 0.25) is 0 Å². The zero-order chi connectivity index (χ0) is 20.2. The third-order valence-corrected chi connectivity index (χ3v) is 6.65. The van der Waals surface area contributed by atoms with Gasteiger partial charge in [-0.3, -0.25) is 0 Å². The van der Waals surface area contributed by atoms with Crippen molar-refractivity contribution in [1.29, 1.82) is 0 Å². The second-order valence-corrected chi connectivity index (χ2v) is 9.14. The fourth-order valence-corrected chi connectivity index (χ4v) is 5.07. The van der Waals surface area contributed by atoms with Crippen LogP contribution in [0.5, 0.6) is 0 Å². The number of halogens is 1. The first kappa shape index (κ1) is 23.7. The molecule has 164 valence electrons. The molecule has 0 amide bonds. The molecule has 3 nitrogen and oxygen atoms in total. The summed E-state index contributed by atoms with van der Waals surface area (Å²) in [6.45, 7) is 5.59. The molecular weight excluding hydrogens is 485 g/mol. The number of rotatable bonds is 9. The molecular formula is C26H36INO2. The number of hydrogen-bond acceptors (Lipinski definition) is 2. The molecule has 0 radical (unpaired) electrons. The molecule has 2 heterocycles. The highest BCUT2D eigenvalue weighted by Crippen LogP contribution is 2.46. The monoisotopic (exact) mass is 521 g/mol. The second kappa shape index (κ2) is 10.6. The molecule has 2 saturated heterocycles. The predicted molar refractivity (Wildman–Crippen MR) is 118 cm³/mol. The highest BCUT2D eigenvalue weighted by molar-refractivity contribution is 5.35. The number of quaternary nitrogens is 1. The van der Waals surface area contributed by atoms with Gasteiger partial charge in [0.15, 0.2) is 0 Å². The molecule has 3 atom stereocenters. The molecule has 2 aliphatic rings. The topological polar surface area (TPSA) is 18.5 Å². The lowest BCUT2D eigenvalue weighted by molar-refractivity contribution is -0.901. The van der Waals surface area contributed by atoms with Crippen molar-refractivity contribution >= 4 is 0 Å². The van der Waals surface area contributed by atoms with Gasteiger partial charge in [0.05, 0.1) is 13.6 Å². The summed E-state index contributed by atoms with van der Waals surface area (Å²) in [4.78, 5) is 0. The van der Waals surface area contributed by atoms with E-state index in [9.17, 15) is 0 Å². The standard InChI is InChI=1S/C26H36NO2.HI/c1-3-4-5-6-7-14-19-27(2)20-24-25(21-27)29-26(28-24,22-15-10-8-11-16-22)23-17-12-9-13-18-23;/h8-13,15-18,24-25H,3-7,14,19-21H2,1-2H3;1H/q+1;/p-1/t24-,25+,27?;. The maximum absolute atomic E-state index is 6.76. The highest BCUT2D eigenvalue weighted by atomic mass is 127. The van der Waals surface area contributed by atoms with Gasteiger partial charge in [-0.1, -0.05) is 93.3 Å². The molecule has 2 aliphatic heterocycles. The SMILES string of the molecule is CCCCCCCC[N+]1(C)C[C@@H]2OC(c3ccccc3)(c3ccccc3)O[C@@H]2C1.[I-]. The summed E-state index contributed by atoms with van der Waals surface area (Å²) in [6.07, 6.45) is 8.41. The van der Waals surface area contributed by atoms with Crippen LogP contribution < -0.4 is 24.0 Å². The van der Waals surface area contributed by atoms with Crippen LogP contribution in [0.3, 0.4) is 0 Å². The Morgan fingerprint density at radius 2 is 1.23 bits per heavy atom. The lowest BCUT2D eigenvalue weighted by atomic mass is 9.97. The Morgan fingerprint density at radius 1 is 0.767 bits per heavy atom. The van der Waals surface area contributed by atoms with E-state index < -0.39 is 5.79 Å². The number of likely N-dealkylation sites (tertiary alicyclic amines) is 1. The van der Waals surface area contributed by atoms with Crippen molar-refractivity contribution in [3.8, 4) is 0 Å². The highest BCUT2D eigenvalue weighted by Gasteiger charge is 2.57. The van der Waals surface area contributed by atoms with Crippen molar-refractivity contribution in [2.75, 3.05) is 26.7 Å². The molecule has 4 rings (SSSR count). The molecule has 0 saturated carbocycles. The van der Waals surface area contributed by atoms with E-state index in [2.05, 4.69) is 62.5 Å². The molecule has 30 heavy (non-hydrogen) atoms. The maximum Gasteiger partial charge on any atom is 0.223 e. The molecule has 0 bridgehead atoms. The van der Waals surface area contributed by atoms with Gasteiger partial charge >= 0.3 is 0 Å². The number of benzene rings is 2. The third-order valence-electron chi connectivity index (χ3n) is 6.65. The Morgan fingerprint density at radius 3 is 1.73 bits per heavy atom. The molecule has 1 unspecified atom stereocenters. The lowest BCUT2D eigenvalue weighted by Gasteiger charge is -2.35. The minimum Gasteiger partial charge on any atom is -1.00 e. The summed E-state index contributed by atoms with van der Waals surface area (Å²) in [5.74, 6) is -0.775. The maximum atomic E-state index is 6.76. The summed E-state index contributed by atoms with van der Waals surface area (Å²) in [7, 11) is 2.38. The van der Waals surface area contributed by atoms with Gasteiger partial charge in [0.2, 0.25) is 5.79 Å². The summed E-state index contributed by atoms with van der Waals surface area (Å²) in [5.41, 5.74) is 2.18. The predicted octanol–water partition coefficient (Wildman–Crippen LogP) is 2.50. The van der Waals surface area contributed by atoms with E-state index in [1.54, 1.807) is 0 Å². The lowest BCUT2D eigenvalue weighted by Crippen LogP contribution is -3.00. The van der Waals surface area contributed by atoms with Crippen molar-refractivity contribution in [2.24, 2.45) is 0 Å². The van der Waals surface area contributed by atoms with Crippen molar-refractivity contribution in [2.45, 2.75) is 63.4 Å². The molecule has 0 spiro atoms. The van der Waals surface area contributed by atoms with Crippen LogP contribution >= 0.6 is 0 Å². The minimum atomic E-state index is -0.775. The van der Waals surface area contributed by atoms with Crippen LogP contribution in [-0.2, 0) is 15.3 Å². The number of ether oxygens (including phenoxy) is 2. The summed E-state index contributed by atoms with van der Waals surface area (Å²) < 4.78 is 14.6. The average molecular weight is 521 g/mol. The minimum absolute atomic E-state index is 0. The first-order valence-electron chi connectivity index (χ1n) is 11.5. The fourth-order valence-electron chi connectivity index (χ4n) is 5.07. The Bertz CT molecular complexity index is 712. The van der Waals surface area contributed by atoms with E-state index >= 15 is 0 Å². The molecule has 2 fully saturated rings. The Balaban J connectivity index is 0.00000256. The molecule has 4 heteroatoms. The van der Waals surface area contributed by atoms with Gasteiger partial charge in [0, 0.05) is 11.1 Å². The summed E-state index contributed by atoms with van der Waals surface area (Å²) >= 11 is 0. The third kappa shape index (κ3) is 5.09. The van der Waals surface area contributed by atoms with Gasteiger partial charge in [0.25, 0.3) is 0 Å². The van der Waals surface area contributed by atoms with E-state index in [4.69, 9.17) is 9.47 Å². The van der Waals surface area contributed by atoms with Gasteiger partial charge < -0.3 is 37.9 Å². The summed E-state index contributed by atoms with van der Waals surface area (Å²) in [6, 6.07) is 20.9. The number of fused-ring (bicyclic) bond motifs is 1. The molecule has 0 N–H and O–H groups in total. The zero-order valence-electron chi connectivity index (χ0n) is 18.4. The van der Waals surface area contributed by atoms with Gasteiger partial charge in [-0.15, -0.1) is 0 Å². The Labute approximate surface area is 199 Å². The van der Waals surface area contributed by atoms with Crippen LogP contribution in [0.4, 0.5) is 0 Å². The second-order valence-electron chi connectivity index (χ2n) is 9.14. The Kier molecular flexibility index (Phi) is 8.36. The van der Waals surface area contributed by atoms with Crippen molar-refractivity contribution in [1.82, 2.24) is 0 Å². The van der Waals surface area contributed by atoms with Gasteiger partial charge in [-0.05, 0) is 12.8 Å². The van der Waals surface area contributed by atoms with E-state index in [-0.39, 0.29) is 36.2 Å². The van der Waals surface area contributed by atoms with Crippen LogP contribution in [0, 0.1) is 0 Å². The summed E-state index contributed by atoms with van der Waals surface area (Å²) in [5, 5.41) is 0. The van der Waals surface area contributed by atoms with Crippen molar-refractivity contribution < 1.29 is 37.9 Å². The molecule has 0 aliphatic carbocycles. The van der Waals surface area contributed by atoms with Crippen LogP contribution in [-0.4, -0.2) is 43.4 Å². The molecule has 2 aromatic rings. The van der Waals surface area contributed by atoms with E-state index in [1.807, 2.05) is 12.1 Å². The van der Waals surface area contributed by atoms with Gasteiger partial charge in [-0.25, -0.2) is 0 Å². The van der Waals surface area contributed by atoms with Crippen LogP contribution in [0.15, 0.2) is 60.7 Å². The van der Waals surface area contributed by atoms with E-state index in [1.165, 1.54) is 45.1 Å². The number of nitrogens with zero attached hydrogens (tertiary/aromatic N) is 1. The number of hydrogen-bond donors (Lipinski definition) is 0. The first-order valence-corrected chi connectivity index (χ1v) is 11.5. The molecule has 0 aromatic heterocycles. The average Bonchev–Trinajstić information content (AvgIpc) is 3.25. The van der Waals surface area contributed by atoms with Gasteiger partial charge in [0.1, 0.15) is 25.3 Å². The smallest absolute Gasteiger partial charge is 0.223 e. The van der Waals surface area contributed by atoms with Crippen molar-refractivity contribution in [3.63, 3.8) is 0 Å². The van der Waals surface area contributed by atoms with Crippen LogP contribution in [0.25, 0.3) is 0 Å². The van der Waals surface area contributed by atoms with E-state index in [0.717, 1.165) is 28.7 Å². The largest absolute Gasteiger partial charge is 1.00 e. The quantitative estimate of drug-likeness (QED) is 0.287. The fraction of sp³-hybridized carbons (Fsp3) is 0.538. The Hall–Kier alpha value is -0.950. The van der Waals surface area contributed by atoms with E-state index in [0.29, 0.717) is 0 Å². The van der Waals surface area contributed by atoms with Crippen LogP contribution in [0.1, 0.15) is 56.6 Å². The van der Waals surface area contributed by atoms with Crippen molar-refractivity contribution in [3.05, 3.63) is 71.8 Å². The number of likely N-dealkylation sites (N-methyl/N-ethyl adjacent to an activating group) is 1. The normalized spacial score (nSPS) is 26.9. The first-order chi connectivity index (χ1) is 14.2. The zero-order valence-corrected chi connectivity index (χ0v) is 20.6. The van der Waals surface area contributed by atoms with Gasteiger partial charge in [-0.2, -0.15) is 0 Å². The molecule has 2 aromatic carbocycles.